The number of hydrogen-bond acceptors (Lipinski definition) is 6. The number of halogens is 1. The summed E-state index contributed by atoms with van der Waals surface area (Å²) in [6.45, 7) is 1.28. The number of nitrogens with one attached hydrogen (secondary N) is 2. The Kier molecular flexibility index (Phi) is 6.12. The van der Waals surface area contributed by atoms with Crippen LogP contribution in [0.15, 0.2) is 54.6 Å². The first-order valence-corrected chi connectivity index (χ1v) is 10.1. The van der Waals surface area contributed by atoms with E-state index in [2.05, 4.69) is 10.6 Å². The third-order valence-electron chi connectivity index (χ3n) is 4.71. The number of benzene rings is 2. The average Bonchev–Trinajstić information content (AvgIpc) is 3.16. The lowest BCUT2D eigenvalue weighted by Crippen LogP contribution is -2.24. The predicted octanol–water partition coefficient (Wildman–Crippen LogP) is 4.01. The lowest BCUT2D eigenvalue weighted by atomic mass is 10.1. The second-order valence-corrected chi connectivity index (χ2v) is 7.34. The van der Waals surface area contributed by atoms with Crippen LogP contribution >= 0.6 is 11.6 Å². The van der Waals surface area contributed by atoms with E-state index in [0.717, 1.165) is 34.9 Å². The molecule has 150 valence electrons. The van der Waals surface area contributed by atoms with E-state index in [-0.39, 0.29) is 12.6 Å². The number of anilines is 2. The Bertz CT molecular complexity index is 968. The number of hydrogen-bond donors (Lipinski definition) is 3. The Hall–Kier alpha value is -2.83. The molecule has 2 aromatic carbocycles. The molecule has 0 amide bonds. The molecule has 7 heteroatoms. The Labute approximate surface area is 174 Å². The van der Waals surface area contributed by atoms with Crippen molar-refractivity contribution in [3.63, 3.8) is 0 Å². The summed E-state index contributed by atoms with van der Waals surface area (Å²) in [7, 11) is 0. The van der Waals surface area contributed by atoms with Gasteiger partial charge < -0.3 is 20.5 Å². The van der Waals surface area contributed by atoms with Gasteiger partial charge in [0, 0.05) is 35.7 Å². The van der Waals surface area contributed by atoms with Gasteiger partial charge in [0.15, 0.2) is 5.82 Å². The Morgan fingerprint density at radius 3 is 2.79 bits per heavy atom. The van der Waals surface area contributed by atoms with Crippen molar-refractivity contribution in [1.29, 1.82) is 0 Å². The standard InChI is InChI=1S/C22H23ClN4O2/c23-16-8-4-9-18(12-16)29-14-17-13-19-21(24-10-5-11-28)26-20(27-22(19)25-17)15-6-2-1-3-7-15/h1-4,6-9,12,17,28H,5,10-11,13-14H2,(H2,24,25,26,27). The number of aromatic nitrogens is 2. The molecule has 3 N–H and O–H groups in total. The van der Waals surface area contributed by atoms with Gasteiger partial charge in [-0.2, -0.15) is 0 Å². The summed E-state index contributed by atoms with van der Waals surface area (Å²) < 4.78 is 5.91. The van der Waals surface area contributed by atoms with E-state index < -0.39 is 0 Å². The first-order chi connectivity index (χ1) is 14.2. The molecule has 0 aliphatic carbocycles. The van der Waals surface area contributed by atoms with Crippen LogP contribution in [-0.4, -0.2) is 40.9 Å². The van der Waals surface area contributed by atoms with E-state index >= 15 is 0 Å². The summed E-state index contributed by atoms with van der Waals surface area (Å²) in [4.78, 5) is 9.49. The molecule has 3 aromatic rings. The molecular formula is C22H23ClN4O2. The van der Waals surface area contributed by atoms with Crippen molar-refractivity contribution in [1.82, 2.24) is 9.97 Å². The SMILES string of the molecule is OCCCNc1nc(-c2ccccc2)nc2c1CC(COc1cccc(Cl)c1)N2. The van der Waals surface area contributed by atoms with Crippen LogP contribution in [0.5, 0.6) is 5.75 Å². The monoisotopic (exact) mass is 410 g/mol. The van der Waals surface area contributed by atoms with Gasteiger partial charge >= 0.3 is 0 Å². The second kappa shape index (κ2) is 9.11. The molecule has 2 heterocycles. The van der Waals surface area contributed by atoms with E-state index in [4.69, 9.17) is 31.4 Å². The number of fused-ring (bicyclic) bond motifs is 1. The molecule has 6 nitrogen and oxygen atoms in total. The number of ether oxygens (including phenoxy) is 1. The minimum atomic E-state index is 0.0858. The number of nitrogens with zero attached hydrogens (tertiary/aromatic N) is 2. The van der Waals surface area contributed by atoms with Gasteiger partial charge in [-0.1, -0.05) is 48.0 Å². The van der Waals surface area contributed by atoms with E-state index in [0.29, 0.717) is 30.4 Å². The van der Waals surface area contributed by atoms with Crippen LogP contribution < -0.4 is 15.4 Å². The fourth-order valence-electron chi connectivity index (χ4n) is 3.29. The lowest BCUT2D eigenvalue weighted by molar-refractivity contribution is 0.292. The number of aliphatic hydroxyl groups excluding tert-OH is 1. The van der Waals surface area contributed by atoms with Crippen LogP contribution in [-0.2, 0) is 6.42 Å². The molecule has 0 saturated carbocycles. The number of rotatable bonds is 8. The minimum Gasteiger partial charge on any atom is -0.491 e. The van der Waals surface area contributed by atoms with Gasteiger partial charge in [0.1, 0.15) is 24.0 Å². The molecule has 29 heavy (non-hydrogen) atoms. The van der Waals surface area contributed by atoms with Gasteiger partial charge in [-0.25, -0.2) is 9.97 Å². The summed E-state index contributed by atoms with van der Waals surface area (Å²) in [5.41, 5.74) is 2.00. The summed E-state index contributed by atoms with van der Waals surface area (Å²) >= 11 is 6.03. The van der Waals surface area contributed by atoms with Gasteiger partial charge in [-0.3, -0.25) is 0 Å². The van der Waals surface area contributed by atoms with Gasteiger partial charge in [-0.05, 0) is 24.6 Å². The largest absolute Gasteiger partial charge is 0.491 e. The smallest absolute Gasteiger partial charge is 0.163 e. The highest BCUT2D eigenvalue weighted by Crippen LogP contribution is 2.32. The van der Waals surface area contributed by atoms with Crippen molar-refractivity contribution in [3.05, 3.63) is 65.2 Å². The Morgan fingerprint density at radius 2 is 2.00 bits per heavy atom. The molecular weight excluding hydrogens is 388 g/mol. The third kappa shape index (κ3) is 4.78. The Balaban J connectivity index is 1.53. The van der Waals surface area contributed by atoms with E-state index in [1.54, 1.807) is 6.07 Å². The highest BCUT2D eigenvalue weighted by Gasteiger charge is 2.27. The summed E-state index contributed by atoms with van der Waals surface area (Å²) in [5, 5.41) is 16.6. The topological polar surface area (TPSA) is 79.3 Å². The first kappa shape index (κ1) is 19.5. The molecule has 0 spiro atoms. The quantitative estimate of drug-likeness (QED) is 0.487. The Morgan fingerprint density at radius 1 is 1.14 bits per heavy atom. The zero-order valence-corrected chi connectivity index (χ0v) is 16.7. The van der Waals surface area contributed by atoms with Crippen molar-refractivity contribution in [2.24, 2.45) is 0 Å². The van der Waals surface area contributed by atoms with Crippen molar-refractivity contribution in [2.45, 2.75) is 18.9 Å². The highest BCUT2D eigenvalue weighted by molar-refractivity contribution is 6.30. The van der Waals surface area contributed by atoms with Crippen molar-refractivity contribution < 1.29 is 9.84 Å². The van der Waals surface area contributed by atoms with Crippen molar-refractivity contribution in [3.8, 4) is 17.1 Å². The molecule has 4 rings (SSSR count). The molecule has 1 aliphatic rings. The maximum atomic E-state index is 9.10. The van der Waals surface area contributed by atoms with E-state index in [9.17, 15) is 0 Å². The average molecular weight is 411 g/mol. The van der Waals surface area contributed by atoms with Crippen LogP contribution in [0.1, 0.15) is 12.0 Å². The molecule has 1 unspecified atom stereocenters. The predicted molar refractivity (Wildman–Crippen MR) is 116 cm³/mol. The minimum absolute atomic E-state index is 0.0858. The zero-order chi connectivity index (χ0) is 20.1. The van der Waals surface area contributed by atoms with Crippen LogP contribution in [0.25, 0.3) is 11.4 Å². The van der Waals surface area contributed by atoms with Gasteiger partial charge in [0.2, 0.25) is 0 Å². The molecule has 0 radical (unpaired) electrons. The molecule has 1 aromatic heterocycles. The molecule has 1 atom stereocenters. The first-order valence-electron chi connectivity index (χ1n) is 9.69. The lowest BCUT2D eigenvalue weighted by Gasteiger charge is -2.12. The highest BCUT2D eigenvalue weighted by atomic mass is 35.5. The third-order valence-corrected chi connectivity index (χ3v) is 4.94. The maximum absolute atomic E-state index is 9.10. The van der Waals surface area contributed by atoms with E-state index in [1.807, 2.05) is 48.5 Å². The number of aliphatic hydroxyl groups is 1. The van der Waals surface area contributed by atoms with Crippen LogP contribution in [0.2, 0.25) is 5.02 Å². The molecule has 0 saturated heterocycles. The van der Waals surface area contributed by atoms with Crippen LogP contribution in [0.3, 0.4) is 0 Å². The second-order valence-electron chi connectivity index (χ2n) is 6.91. The summed E-state index contributed by atoms with van der Waals surface area (Å²) in [6, 6.07) is 17.4. The van der Waals surface area contributed by atoms with Gasteiger partial charge in [0.25, 0.3) is 0 Å². The maximum Gasteiger partial charge on any atom is 0.163 e. The molecule has 0 fully saturated rings. The normalized spacial score (nSPS) is 14.9. The van der Waals surface area contributed by atoms with Gasteiger partial charge in [0.05, 0.1) is 6.04 Å². The van der Waals surface area contributed by atoms with Crippen LogP contribution in [0.4, 0.5) is 11.6 Å². The fourth-order valence-corrected chi connectivity index (χ4v) is 3.47. The molecule has 0 bridgehead atoms. The van der Waals surface area contributed by atoms with E-state index in [1.165, 1.54) is 0 Å². The molecule has 1 aliphatic heterocycles. The van der Waals surface area contributed by atoms with Gasteiger partial charge in [-0.15, -0.1) is 0 Å². The van der Waals surface area contributed by atoms with Crippen LogP contribution in [0, 0.1) is 0 Å². The zero-order valence-electron chi connectivity index (χ0n) is 15.9. The van der Waals surface area contributed by atoms with Crippen molar-refractivity contribution in [2.75, 3.05) is 30.4 Å². The van der Waals surface area contributed by atoms with Crippen molar-refractivity contribution >= 4 is 23.2 Å². The summed E-state index contributed by atoms with van der Waals surface area (Å²) in [5.74, 6) is 3.04. The fraction of sp³-hybridized carbons (Fsp3) is 0.273. The summed E-state index contributed by atoms with van der Waals surface area (Å²) in [6.07, 6.45) is 1.42.